The summed E-state index contributed by atoms with van der Waals surface area (Å²) in [5.74, 6) is -1.06. The minimum Gasteiger partial charge on any atom is -0.447 e. The number of nitrogens with zero attached hydrogens (tertiary/aromatic N) is 2. The van der Waals surface area contributed by atoms with Crippen molar-refractivity contribution < 1.29 is 23.5 Å². The summed E-state index contributed by atoms with van der Waals surface area (Å²) < 4.78 is 26.2. The minimum atomic E-state index is -0.625. The molecule has 2 aliphatic rings. The number of benzene rings is 2. The van der Waals surface area contributed by atoms with Gasteiger partial charge in [-0.15, -0.1) is 0 Å². The van der Waals surface area contributed by atoms with Gasteiger partial charge in [0, 0.05) is 12.2 Å². The van der Waals surface area contributed by atoms with E-state index in [1.165, 1.54) is 23.1 Å². The molecule has 0 aromatic heterocycles. The van der Waals surface area contributed by atoms with E-state index >= 15 is 0 Å². The Balaban J connectivity index is 1.73. The quantitative estimate of drug-likeness (QED) is 0.672. The average molecular weight is 441 g/mol. The Morgan fingerprint density at radius 1 is 1.16 bits per heavy atom. The summed E-state index contributed by atoms with van der Waals surface area (Å²) in [7, 11) is 0. The second-order valence-corrected chi connectivity index (χ2v) is 9.53. The Bertz CT molecular complexity index is 1020. The van der Waals surface area contributed by atoms with Crippen molar-refractivity contribution in [2.75, 3.05) is 18.1 Å². The van der Waals surface area contributed by atoms with Crippen molar-refractivity contribution in [1.82, 2.24) is 4.90 Å². The molecule has 0 radical (unpaired) electrons. The third kappa shape index (κ3) is 4.35. The first-order valence-electron chi connectivity index (χ1n) is 10.9. The highest BCUT2D eigenvalue weighted by atomic mass is 19.1. The second-order valence-electron chi connectivity index (χ2n) is 9.53. The first-order valence-corrected chi connectivity index (χ1v) is 10.9. The molecular formula is C25H29FN2O4. The number of anilines is 1. The van der Waals surface area contributed by atoms with Crippen LogP contribution in [0, 0.1) is 5.82 Å². The summed E-state index contributed by atoms with van der Waals surface area (Å²) in [6.07, 6.45) is 0.126. The summed E-state index contributed by atoms with van der Waals surface area (Å²) in [5.41, 5.74) is 0.294. The molecule has 0 aliphatic carbocycles. The third-order valence-corrected chi connectivity index (χ3v) is 6.11. The van der Waals surface area contributed by atoms with Gasteiger partial charge in [-0.1, -0.05) is 30.3 Å². The summed E-state index contributed by atoms with van der Waals surface area (Å²) in [5, 5.41) is 0. The monoisotopic (exact) mass is 440 g/mol. The molecule has 7 heteroatoms. The van der Waals surface area contributed by atoms with E-state index in [9.17, 15) is 14.0 Å². The highest BCUT2D eigenvalue weighted by Gasteiger charge is 2.50. The van der Waals surface area contributed by atoms with Crippen molar-refractivity contribution in [2.24, 2.45) is 0 Å². The van der Waals surface area contributed by atoms with Crippen LogP contribution in [0.25, 0.3) is 0 Å². The molecule has 0 spiro atoms. The van der Waals surface area contributed by atoms with Crippen LogP contribution >= 0.6 is 0 Å². The van der Waals surface area contributed by atoms with E-state index in [-0.39, 0.29) is 18.2 Å². The number of hydrogen-bond donors (Lipinski definition) is 0. The smallest absolute Gasteiger partial charge is 0.414 e. The standard InChI is InChI=1S/C25H29FN2O4/c1-24(2)15-21(25(3,4)32-24)28(16-17-8-6-5-7-9-17)22(29)19-14-18(10-11-20(19)26)27-12-13-31-23(27)30/h5-11,14,21H,12-13,15-16H2,1-4H3. The molecule has 0 N–H and O–H groups in total. The fourth-order valence-electron chi connectivity index (χ4n) is 4.75. The Morgan fingerprint density at radius 2 is 1.88 bits per heavy atom. The maximum atomic E-state index is 14.9. The van der Waals surface area contributed by atoms with Gasteiger partial charge in [0.1, 0.15) is 12.4 Å². The lowest BCUT2D eigenvalue weighted by Gasteiger charge is -2.36. The van der Waals surface area contributed by atoms with Crippen molar-refractivity contribution in [3.05, 3.63) is 65.5 Å². The zero-order valence-corrected chi connectivity index (χ0v) is 18.9. The van der Waals surface area contributed by atoms with Gasteiger partial charge in [-0.05, 0) is 57.9 Å². The molecule has 2 fully saturated rings. The number of cyclic esters (lactones) is 1. The van der Waals surface area contributed by atoms with E-state index < -0.39 is 29.0 Å². The molecule has 2 amide bonds. The number of carbonyl (C=O) groups is 2. The molecule has 1 atom stereocenters. The second kappa shape index (κ2) is 8.20. The van der Waals surface area contributed by atoms with Gasteiger partial charge in [0.2, 0.25) is 0 Å². The summed E-state index contributed by atoms with van der Waals surface area (Å²) in [6.45, 7) is 8.88. The Kier molecular flexibility index (Phi) is 5.71. The number of hydrogen-bond acceptors (Lipinski definition) is 4. The van der Waals surface area contributed by atoms with Crippen molar-refractivity contribution in [3.8, 4) is 0 Å². The number of halogens is 1. The lowest BCUT2D eigenvalue weighted by Crippen LogP contribution is -2.49. The molecule has 6 nitrogen and oxygen atoms in total. The third-order valence-electron chi connectivity index (χ3n) is 6.11. The van der Waals surface area contributed by atoms with E-state index in [1.54, 1.807) is 4.90 Å². The number of ether oxygens (including phenoxy) is 2. The van der Waals surface area contributed by atoms with Gasteiger partial charge >= 0.3 is 6.09 Å². The predicted molar refractivity (Wildman–Crippen MR) is 119 cm³/mol. The molecule has 2 heterocycles. The molecule has 4 rings (SSSR count). The van der Waals surface area contributed by atoms with E-state index in [0.29, 0.717) is 25.2 Å². The van der Waals surface area contributed by atoms with Gasteiger partial charge in [0.15, 0.2) is 0 Å². The Morgan fingerprint density at radius 3 is 2.47 bits per heavy atom. The molecule has 0 saturated carbocycles. The largest absolute Gasteiger partial charge is 0.447 e. The van der Waals surface area contributed by atoms with Crippen LogP contribution in [0.15, 0.2) is 48.5 Å². The van der Waals surface area contributed by atoms with E-state index in [2.05, 4.69) is 0 Å². The molecule has 2 aromatic carbocycles. The summed E-state index contributed by atoms with van der Waals surface area (Å²) in [6, 6.07) is 13.5. The fraction of sp³-hybridized carbons (Fsp3) is 0.440. The van der Waals surface area contributed by atoms with Crippen molar-refractivity contribution >= 4 is 17.7 Å². The first kappa shape index (κ1) is 22.3. The fourth-order valence-corrected chi connectivity index (χ4v) is 4.75. The number of amides is 2. The molecular weight excluding hydrogens is 411 g/mol. The SMILES string of the molecule is CC1(C)CC(N(Cc2ccccc2)C(=O)c2cc(N3CCOC3=O)ccc2F)C(C)(C)O1. The van der Waals surface area contributed by atoms with Crippen LogP contribution in [0.5, 0.6) is 0 Å². The maximum absolute atomic E-state index is 14.9. The zero-order valence-electron chi connectivity index (χ0n) is 18.9. The molecule has 2 saturated heterocycles. The average Bonchev–Trinajstić information content (AvgIpc) is 3.25. The number of carbonyl (C=O) groups excluding carboxylic acids is 2. The Hall–Kier alpha value is -2.93. The Labute approximate surface area is 187 Å². The van der Waals surface area contributed by atoms with Gasteiger partial charge in [0.05, 0.1) is 29.4 Å². The van der Waals surface area contributed by atoms with Crippen LogP contribution in [0.1, 0.15) is 50.0 Å². The molecule has 32 heavy (non-hydrogen) atoms. The van der Waals surface area contributed by atoms with Crippen LogP contribution < -0.4 is 4.90 Å². The van der Waals surface area contributed by atoms with Crippen LogP contribution in [-0.4, -0.2) is 47.3 Å². The molecule has 1 unspecified atom stereocenters. The van der Waals surface area contributed by atoms with Gasteiger partial charge < -0.3 is 14.4 Å². The highest BCUT2D eigenvalue weighted by Crippen LogP contribution is 2.41. The minimum absolute atomic E-state index is 0.0707. The molecule has 170 valence electrons. The lowest BCUT2D eigenvalue weighted by atomic mass is 9.91. The number of rotatable bonds is 5. The lowest BCUT2D eigenvalue weighted by molar-refractivity contribution is -0.0785. The van der Waals surface area contributed by atoms with Crippen LogP contribution in [-0.2, 0) is 16.0 Å². The van der Waals surface area contributed by atoms with Crippen LogP contribution in [0.4, 0.5) is 14.9 Å². The van der Waals surface area contributed by atoms with Crippen molar-refractivity contribution in [2.45, 2.75) is 57.9 Å². The van der Waals surface area contributed by atoms with E-state index in [1.807, 2.05) is 58.0 Å². The van der Waals surface area contributed by atoms with Crippen molar-refractivity contribution in [3.63, 3.8) is 0 Å². The van der Waals surface area contributed by atoms with Crippen LogP contribution in [0.2, 0.25) is 0 Å². The first-order chi connectivity index (χ1) is 15.1. The molecule has 0 bridgehead atoms. The maximum Gasteiger partial charge on any atom is 0.414 e. The predicted octanol–water partition coefficient (Wildman–Crippen LogP) is 4.77. The normalized spacial score (nSPS) is 21.5. The summed E-state index contributed by atoms with van der Waals surface area (Å²) in [4.78, 5) is 28.9. The van der Waals surface area contributed by atoms with E-state index in [4.69, 9.17) is 9.47 Å². The van der Waals surface area contributed by atoms with Gasteiger partial charge in [-0.3, -0.25) is 9.69 Å². The van der Waals surface area contributed by atoms with Crippen LogP contribution in [0.3, 0.4) is 0 Å². The highest BCUT2D eigenvalue weighted by molar-refractivity contribution is 5.97. The summed E-state index contributed by atoms with van der Waals surface area (Å²) >= 11 is 0. The van der Waals surface area contributed by atoms with E-state index in [0.717, 1.165) is 5.56 Å². The topological polar surface area (TPSA) is 59.1 Å². The zero-order chi connectivity index (χ0) is 23.1. The van der Waals surface area contributed by atoms with Gasteiger partial charge in [-0.2, -0.15) is 0 Å². The molecule has 2 aliphatic heterocycles. The van der Waals surface area contributed by atoms with Gasteiger partial charge in [0.25, 0.3) is 5.91 Å². The molecule has 2 aromatic rings. The van der Waals surface area contributed by atoms with Crippen molar-refractivity contribution in [1.29, 1.82) is 0 Å². The van der Waals surface area contributed by atoms with Gasteiger partial charge in [-0.25, -0.2) is 9.18 Å².